The van der Waals surface area contributed by atoms with Crippen molar-refractivity contribution in [1.82, 2.24) is 14.5 Å². The van der Waals surface area contributed by atoms with Crippen molar-refractivity contribution >= 4 is 5.91 Å². The van der Waals surface area contributed by atoms with Crippen LogP contribution in [0.2, 0.25) is 0 Å². The zero-order chi connectivity index (χ0) is 18.7. The number of likely N-dealkylation sites (tertiary alicyclic amines) is 1. The van der Waals surface area contributed by atoms with Crippen LogP contribution in [-0.2, 0) is 11.2 Å². The normalized spacial score (nSPS) is 16.7. The fourth-order valence-electron chi connectivity index (χ4n) is 3.73. The highest BCUT2D eigenvalue weighted by Crippen LogP contribution is 2.30. The van der Waals surface area contributed by atoms with Gasteiger partial charge >= 0.3 is 0 Å². The molecule has 0 unspecified atom stereocenters. The van der Waals surface area contributed by atoms with Gasteiger partial charge in [-0.3, -0.25) is 4.79 Å². The largest absolute Gasteiger partial charge is 0.394 e. The number of hydrogen-bond donors (Lipinski definition) is 1. The van der Waals surface area contributed by atoms with Gasteiger partial charge in [0.1, 0.15) is 11.6 Å². The Hall–Kier alpha value is -2.21. The minimum atomic E-state index is -0.328. The summed E-state index contributed by atoms with van der Waals surface area (Å²) in [6.07, 6.45) is 3.61. The molecule has 0 spiro atoms. The van der Waals surface area contributed by atoms with E-state index in [1.165, 1.54) is 6.07 Å². The lowest BCUT2D eigenvalue weighted by molar-refractivity contribution is -0.131. The number of amides is 1. The molecule has 2 aromatic rings. The van der Waals surface area contributed by atoms with Crippen LogP contribution in [0.1, 0.15) is 48.8 Å². The molecule has 0 saturated carbocycles. The molecule has 0 bridgehead atoms. The van der Waals surface area contributed by atoms with Crippen LogP contribution in [0, 0.1) is 12.7 Å². The van der Waals surface area contributed by atoms with Crippen molar-refractivity contribution in [3.8, 4) is 0 Å². The van der Waals surface area contributed by atoms with Crippen molar-refractivity contribution < 1.29 is 14.3 Å². The lowest BCUT2D eigenvalue weighted by atomic mass is 9.95. The van der Waals surface area contributed by atoms with Crippen molar-refractivity contribution in [3.05, 3.63) is 53.4 Å². The first-order valence-electron chi connectivity index (χ1n) is 9.17. The molecular formula is C20H26FN3O2. The summed E-state index contributed by atoms with van der Waals surface area (Å²) in [5.41, 5.74) is 1.49. The van der Waals surface area contributed by atoms with Gasteiger partial charge in [0.25, 0.3) is 0 Å². The molecule has 1 atom stereocenters. The van der Waals surface area contributed by atoms with Crippen LogP contribution in [-0.4, -0.2) is 45.2 Å². The Bertz CT molecular complexity index is 766. The number of carbonyl (C=O) groups excluding carboxylic acids is 1. The van der Waals surface area contributed by atoms with Gasteiger partial charge < -0.3 is 14.6 Å². The highest BCUT2D eigenvalue weighted by atomic mass is 19.1. The number of aryl methyl sites for hydroxylation is 1. The standard InChI is InChI=1S/C20H26FN3O2/c1-14-12-22-20(24(14)15(2)13-25)16-7-9-23(10-8-16)19(26)11-17-5-3-4-6-18(17)21/h3-6,12,15-16,25H,7-11,13H2,1-2H3/t15-/m1/s1. The number of halogens is 1. The van der Waals surface area contributed by atoms with Gasteiger partial charge in [-0.15, -0.1) is 0 Å². The summed E-state index contributed by atoms with van der Waals surface area (Å²) in [6.45, 7) is 5.35. The molecule has 3 rings (SSSR count). The molecule has 0 aliphatic carbocycles. The van der Waals surface area contributed by atoms with E-state index in [9.17, 15) is 14.3 Å². The molecule has 1 amide bonds. The number of piperidine rings is 1. The Morgan fingerprint density at radius 3 is 2.69 bits per heavy atom. The van der Waals surface area contributed by atoms with E-state index < -0.39 is 0 Å². The third kappa shape index (κ3) is 3.80. The summed E-state index contributed by atoms with van der Waals surface area (Å²) in [4.78, 5) is 18.9. The minimum Gasteiger partial charge on any atom is -0.394 e. The van der Waals surface area contributed by atoms with Crippen LogP contribution < -0.4 is 0 Å². The molecule has 1 aromatic carbocycles. The topological polar surface area (TPSA) is 58.4 Å². The van der Waals surface area contributed by atoms with Crippen LogP contribution >= 0.6 is 0 Å². The molecule has 140 valence electrons. The van der Waals surface area contributed by atoms with Gasteiger partial charge in [0.05, 0.1) is 19.1 Å². The van der Waals surface area contributed by atoms with Gasteiger partial charge in [-0.2, -0.15) is 0 Å². The number of aliphatic hydroxyl groups excluding tert-OH is 1. The average molecular weight is 359 g/mol. The Kier molecular flexibility index (Phi) is 5.71. The SMILES string of the molecule is Cc1cnc(C2CCN(C(=O)Cc3ccccc3F)CC2)n1[C@H](C)CO. The maximum Gasteiger partial charge on any atom is 0.227 e. The first-order chi connectivity index (χ1) is 12.5. The Morgan fingerprint density at radius 1 is 1.35 bits per heavy atom. The zero-order valence-electron chi connectivity index (χ0n) is 15.4. The fourth-order valence-corrected chi connectivity index (χ4v) is 3.73. The summed E-state index contributed by atoms with van der Waals surface area (Å²) in [5, 5.41) is 9.50. The predicted octanol–water partition coefficient (Wildman–Crippen LogP) is 2.83. The van der Waals surface area contributed by atoms with Crippen molar-refractivity contribution in [3.63, 3.8) is 0 Å². The van der Waals surface area contributed by atoms with E-state index in [1.807, 2.05) is 24.9 Å². The van der Waals surface area contributed by atoms with Crippen LogP contribution in [0.4, 0.5) is 4.39 Å². The molecule has 2 heterocycles. The molecule has 1 fully saturated rings. The van der Waals surface area contributed by atoms with E-state index in [2.05, 4.69) is 9.55 Å². The predicted molar refractivity (Wildman–Crippen MR) is 97.4 cm³/mol. The van der Waals surface area contributed by atoms with Gasteiger partial charge in [0, 0.05) is 30.9 Å². The first kappa shape index (κ1) is 18.6. The summed E-state index contributed by atoms with van der Waals surface area (Å²) in [5.74, 6) is 0.906. The van der Waals surface area contributed by atoms with E-state index in [0.717, 1.165) is 24.4 Å². The molecule has 1 saturated heterocycles. The molecule has 26 heavy (non-hydrogen) atoms. The highest BCUT2D eigenvalue weighted by molar-refractivity contribution is 5.78. The van der Waals surface area contributed by atoms with Crippen LogP contribution in [0.5, 0.6) is 0 Å². The Labute approximate surface area is 153 Å². The van der Waals surface area contributed by atoms with Crippen LogP contribution in [0.25, 0.3) is 0 Å². The summed E-state index contributed by atoms with van der Waals surface area (Å²) in [6, 6.07) is 6.43. The lowest BCUT2D eigenvalue weighted by Gasteiger charge is -2.32. The summed E-state index contributed by atoms with van der Waals surface area (Å²) in [7, 11) is 0. The minimum absolute atomic E-state index is 0.00628. The summed E-state index contributed by atoms with van der Waals surface area (Å²) >= 11 is 0. The third-order valence-electron chi connectivity index (χ3n) is 5.23. The monoisotopic (exact) mass is 359 g/mol. The van der Waals surface area contributed by atoms with Crippen molar-refractivity contribution in [2.45, 2.75) is 45.1 Å². The highest BCUT2D eigenvalue weighted by Gasteiger charge is 2.28. The van der Waals surface area contributed by atoms with E-state index in [0.29, 0.717) is 18.7 Å². The quantitative estimate of drug-likeness (QED) is 0.893. The van der Waals surface area contributed by atoms with Crippen molar-refractivity contribution in [2.75, 3.05) is 19.7 Å². The van der Waals surface area contributed by atoms with E-state index >= 15 is 0 Å². The Morgan fingerprint density at radius 2 is 2.04 bits per heavy atom. The van der Waals surface area contributed by atoms with Gasteiger partial charge in [-0.05, 0) is 38.3 Å². The maximum absolute atomic E-state index is 13.8. The number of aliphatic hydroxyl groups is 1. The van der Waals surface area contributed by atoms with Crippen molar-refractivity contribution in [1.29, 1.82) is 0 Å². The number of rotatable bonds is 5. The van der Waals surface area contributed by atoms with Gasteiger partial charge in [-0.25, -0.2) is 9.37 Å². The van der Waals surface area contributed by atoms with Crippen molar-refractivity contribution in [2.24, 2.45) is 0 Å². The molecular weight excluding hydrogens is 333 g/mol. The second kappa shape index (κ2) is 7.99. The number of carbonyl (C=O) groups is 1. The second-order valence-electron chi connectivity index (χ2n) is 7.08. The van der Waals surface area contributed by atoms with Gasteiger partial charge in [0.2, 0.25) is 5.91 Å². The number of benzene rings is 1. The lowest BCUT2D eigenvalue weighted by Crippen LogP contribution is -2.39. The number of imidazole rings is 1. The van der Waals surface area contributed by atoms with E-state index in [1.54, 1.807) is 18.2 Å². The van der Waals surface area contributed by atoms with Gasteiger partial charge in [0.15, 0.2) is 0 Å². The smallest absolute Gasteiger partial charge is 0.227 e. The van der Waals surface area contributed by atoms with E-state index in [4.69, 9.17) is 0 Å². The summed E-state index contributed by atoms with van der Waals surface area (Å²) < 4.78 is 15.9. The van der Waals surface area contributed by atoms with Crippen LogP contribution in [0.15, 0.2) is 30.5 Å². The fraction of sp³-hybridized carbons (Fsp3) is 0.500. The molecule has 1 N–H and O–H groups in total. The maximum atomic E-state index is 13.8. The average Bonchev–Trinajstić information content (AvgIpc) is 3.04. The Balaban J connectivity index is 1.63. The zero-order valence-corrected chi connectivity index (χ0v) is 15.4. The molecule has 0 radical (unpaired) electrons. The van der Waals surface area contributed by atoms with E-state index in [-0.39, 0.29) is 36.7 Å². The molecule has 6 heteroatoms. The molecule has 5 nitrogen and oxygen atoms in total. The number of hydrogen-bond acceptors (Lipinski definition) is 3. The third-order valence-corrected chi connectivity index (χ3v) is 5.23. The number of nitrogens with zero attached hydrogens (tertiary/aromatic N) is 3. The van der Waals surface area contributed by atoms with Crippen LogP contribution in [0.3, 0.4) is 0 Å². The van der Waals surface area contributed by atoms with Gasteiger partial charge in [-0.1, -0.05) is 18.2 Å². The number of aromatic nitrogens is 2. The molecule has 1 aliphatic heterocycles. The first-order valence-corrected chi connectivity index (χ1v) is 9.17. The second-order valence-corrected chi connectivity index (χ2v) is 7.08. The molecule has 1 aromatic heterocycles. The molecule has 1 aliphatic rings.